The van der Waals surface area contributed by atoms with Crippen LogP contribution in [0.5, 0.6) is 0 Å². The number of sulfonamides is 1. The van der Waals surface area contributed by atoms with Crippen molar-refractivity contribution in [1.29, 1.82) is 0 Å². The van der Waals surface area contributed by atoms with E-state index >= 15 is 0 Å². The zero-order valence-electron chi connectivity index (χ0n) is 16.0. The fourth-order valence-corrected chi connectivity index (χ4v) is 4.94. The highest BCUT2D eigenvalue weighted by Crippen LogP contribution is 2.22. The second-order valence-corrected chi connectivity index (χ2v) is 9.62. The Morgan fingerprint density at radius 2 is 1.93 bits per heavy atom. The molecule has 1 fully saturated rings. The Kier molecular flexibility index (Phi) is 7.67. The van der Waals surface area contributed by atoms with E-state index in [9.17, 15) is 18.0 Å². The van der Waals surface area contributed by atoms with Gasteiger partial charge in [-0.15, -0.1) is 0 Å². The van der Waals surface area contributed by atoms with Gasteiger partial charge in [-0.25, -0.2) is 13.2 Å². The van der Waals surface area contributed by atoms with Crippen molar-refractivity contribution < 1.29 is 27.2 Å². The van der Waals surface area contributed by atoms with Gasteiger partial charge in [-0.3, -0.25) is 4.79 Å². The van der Waals surface area contributed by atoms with Gasteiger partial charge in [0.25, 0.3) is 5.91 Å². The zero-order chi connectivity index (χ0) is 21.6. The molecule has 1 amide bonds. The van der Waals surface area contributed by atoms with Gasteiger partial charge in [0.05, 0.1) is 4.90 Å². The van der Waals surface area contributed by atoms with E-state index in [1.807, 2.05) is 22.6 Å². The Labute approximate surface area is 188 Å². The van der Waals surface area contributed by atoms with Crippen LogP contribution in [0.15, 0.2) is 51.8 Å². The molecule has 1 aromatic heterocycles. The standard InChI is InChI=1S/C20H21IN2O6S/c21-18-9-7-16(29-18)8-10-20(25)28-14-19(24)22-15-5-4-6-17(13-15)30(26,27)23-11-2-1-3-12-23/h4-10,13H,1-3,11-12,14H2,(H,22,24)/b10-8+. The van der Waals surface area contributed by atoms with E-state index in [0.717, 1.165) is 25.3 Å². The van der Waals surface area contributed by atoms with Gasteiger partial charge in [-0.2, -0.15) is 4.31 Å². The van der Waals surface area contributed by atoms with Crippen molar-refractivity contribution in [2.24, 2.45) is 0 Å². The van der Waals surface area contributed by atoms with Crippen LogP contribution in [0.2, 0.25) is 0 Å². The van der Waals surface area contributed by atoms with Gasteiger partial charge in [-0.05, 0) is 71.8 Å². The van der Waals surface area contributed by atoms with Crippen LogP contribution in [-0.4, -0.2) is 44.3 Å². The number of nitrogens with zero attached hydrogens (tertiary/aromatic N) is 1. The minimum absolute atomic E-state index is 0.121. The maximum atomic E-state index is 12.8. The molecule has 1 aliphatic heterocycles. The molecular weight excluding hydrogens is 523 g/mol. The van der Waals surface area contributed by atoms with Crippen LogP contribution in [0.25, 0.3) is 6.08 Å². The molecule has 0 radical (unpaired) electrons. The molecule has 10 heteroatoms. The maximum absolute atomic E-state index is 12.8. The monoisotopic (exact) mass is 544 g/mol. The van der Waals surface area contributed by atoms with E-state index in [2.05, 4.69) is 5.32 Å². The first-order valence-corrected chi connectivity index (χ1v) is 11.9. The molecule has 2 aromatic rings. The lowest BCUT2D eigenvalue weighted by Crippen LogP contribution is -2.35. The number of nitrogens with one attached hydrogen (secondary N) is 1. The minimum atomic E-state index is -3.60. The molecule has 0 aliphatic carbocycles. The SMILES string of the molecule is O=C(COC(=O)/C=C/c1ccc(I)o1)Nc1cccc(S(=O)(=O)N2CCCCC2)c1. The number of rotatable bonds is 7. The predicted octanol–water partition coefficient (Wildman–Crippen LogP) is 3.25. The van der Waals surface area contributed by atoms with Crippen LogP contribution in [0.1, 0.15) is 25.0 Å². The first kappa shape index (κ1) is 22.5. The Morgan fingerprint density at radius 1 is 1.17 bits per heavy atom. The number of halogens is 1. The molecule has 1 aromatic carbocycles. The molecule has 8 nitrogen and oxygen atoms in total. The van der Waals surface area contributed by atoms with Crippen molar-refractivity contribution >= 4 is 56.3 Å². The summed E-state index contributed by atoms with van der Waals surface area (Å²) in [4.78, 5) is 23.9. The van der Waals surface area contributed by atoms with Crippen LogP contribution in [0.3, 0.4) is 0 Å². The van der Waals surface area contributed by atoms with Gasteiger partial charge >= 0.3 is 5.97 Å². The first-order chi connectivity index (χ1) is 14.3. The van der Waals surface area contributed by atoms with Crippen LogP contribution >= 0.6 is 22.6 Å². The summed E-state index contributed by atoms with van der Waals surface area (Å²) < 4.78 is 37.8. The van der Waals surface area contributed by atoms with Gasteiger partial charge in [0.1, 0.15) is 5.76 Å². The van der Waals surface area contributed by atoms with Crippen molar-refractivity contribution in [1.82, 2.24) is 4.31 Å². The fraction of sp³-hybridized carbons (Fsp3) is 0.300. The number of anilines is 1. The molecule has 0 spiro atoms. The second-order valence-electron chi connectivity index (χ2n) is 6.62. The summed E-state index contributed by atoms with van der Waals surface area (Å²) in [5.41, 5.74) is 0.315. The van der Waals surface area contributed by atoms with Crippen LogP contribution < -0.4 is 5.32 Å². The number of hydrogen-bond acceptors (Lipinski definition) is 6. The Hall–Kier alpha value is -2.18. The number of carbonyl (C=O) groups excluding carboxylic acids is 2. The number of hydrogen-bond donors (Lipinski definition) is 1. The molecule has 1 aliphatic rings. The average molecular weight is 544 g/mol. The van der Waals surface area contributed by atoms with E-state index in [4.69, 9.17) is 9.15 Å². The molecule has 0 unspecified atom stereocenters. The van der Waals surface area contributed by atoms with Crippen LogP contribution in [0, 0.1) is 3.77 Å². The predicted molar refractivity (Wildman–Crippen MR) is 119 cm³/mol. The van der Waals surface area contributed by atoms with Gasteiger partial charge in [-0.1, -0.05) is 12.5 Å². The van der Waals surface area contributed by atoms with Crippen molar-refractivity contribution in [2.45, 2.75) is 24.2 Å². The Bertz CT molecular complexity index is 1040. The number of carbonyl (C=O) groups is 2. The summed E-state index contributed by atoms with van der Waals surface area (Å²) in [6, 6.07) is 9.49. The normalized spacial score (nSPS) is 15.2. The Balaban J connectivity index is 1.54. The number of ether oxygens (including phenoxy) is 1. The molecule has 30 heavy (non-hydrogen) atoms. The summed E-state index contributed by atoms with van der Waals surface area (Å²) >= 11 is 2.00. The number of furan rings is 1. The van der Waals surface area contributed by atoms with Gasteiger partial charge in [0.15, 0.2) is 10.4 Å². The molecule has 2 heterocycles. The molecule has 3 rings (SSSR count). The van der Waals surface area contributed by atoms with Crippen molar-refractivity contribution in [3.8, 4) is 0 Å². The number of esters is 1. The summed E-state index contributed by atoms with van der Waals surface area (Å²) in [5.74, 6) is -0.776. The number of amides is 1. The minimum Gasteiger partial charge on any atom is -0.452 e. The average Bonchev–Trinajstić information content (AvgIpc) is 3.17. The molecule has 1 saturated heterocycles. The first-order valence-electron chi connectivity index (χ1n) is 9.35. The van der Waals surface area contributed by atoms with E-state index < -0.39 is 28.5 Å². The molecule has 0 bridgehead atoms. The highest BCUT2D eigenvalue weighted by molar-refractivity contribution is 14.1. The summed E-state index contributed by atoms with van der Waals surface area (Å²) in [7, 11) is -3.60. The van der Waals surface area contributed by atoms with Gasteiger partial charge in [0, 0.05) is 24.9 Å². The number of benzene rings is 1. The van der Waals surface area contributed by atoms with E-state index in [-0.39, 0.29) is 4.90 Å². The Morgan fingerprint density at radius 3 is 2.63 bits per heavy atom. The second kappa shape index (κ2) is 10.2. The molecule has 0 saturated carbocycles. The van der Waals surface area contributed by atoms with Crippen LogP contribution in [-0.2, 0) is 24.3 Å². The summed E-state index contributed by atoms with van der Waals surface area (Å²) in [5, 5.41) is 2.55. The lowest BCUT2D eigenvalue weighted by atomic mass is 10.2. The van der Waals surface area contributed by atoms with E-state index in [1.165, 1.54) is 22.5 Å². The summed E-state index contributed by atoms with van der Waals surface area (Å²) in [6.07, 6.45) is 5.31. The van der Waals surface area contributed by atoms with Crippen LogP contribution in [0.4, 0.5) is 5.69 Å². The third-order valence-electron chi connectivity index (χ3n) is 4.39. The largest absolute Gasteiger partial charge is 0.452 e. The molecule has 0 atom stereocenters. The third kappa shape index (κ3) is 6.16. The fourth-order valence-electron chi connectivity index (χ4n) is 2.94. The smallest absolute Gasteiger partial charge is 0.331 e. The van der Waals surface area contributed by atoms with Crippen molar-refractivity contribution in [2.75, 3.05) is 25.0 Å². The molecule has 1 N–H and O–H groups in total. The number of piperidine rings is 1. The van der Waals surface area contributed by atoms with Gasteiger partial charge < -0.3 is 14.5 Å². The quantitative estimate of drug-likeness (QED) is 0.326. The maximum Gasteiger partial charge on any atom is 0.331 e. The van der Waals surface area contributed by atoms with E-state index in [0.29, 0.717) is 28.3 Å². The highest BCUT2D eigenvalue weighted by atomic mass is 127. The lowest BCUT2D eigenvalue weighted by molar-refractivity contribution is -0.142. The zero-order valence-corrected chi connectivity index (χ0v) is 19.0. The lowest BCUT2D eigenvalue weighted by Gasteiger charge is -2.26. The molecule has 160 valence electrons. The third-order valence-corrected chi connectivity index (χ3v) is 6.87. The van der Waals surface area contributed by atoms with Gasteiger partial charge in [0.2, 0.25) is 10.0 Å². The molecular formula is C20H21IN2O6S. The topological polar surface area (TPSA) is 106 Å². The van der Waals surface area contributed by atoms with E-state index in [1.54, 1.807) is 24.3 Å². The summed E-state index contributed by atoms with van der Waals surface area (Å²) in [6.45, 7) is 0.501. The van der Waals surface area contributed by atoms with Crippen molar-refractivity contribution in [3.63, 3.8) is 0 Å². The highest BCUT2D eigenvalue weighted by Gasteiger charge is 2.26. The van der Waals surface area contributed by atoms with Crippen molar-refractivity contribution in [3.05, 3.63) is 52.0 Å².